The summed E-state index contributed by atoms with van der Waals surface area (Å²) in [6.45, 7) is 4.93. The molecule has 0 radical (unpaired) electrons. The molecule has 3 aromatic rings. The van der Waals surface area contributed by atoms with Crippen LogP contribution in [0, 0.1) is 6.92 Å². The Morgan fingerprint density at radius 2 is 1.52 bits per heavy atom. The Kier molecular flexibility index (Phi) is 7.37. The molecule has 0 saturated carbocycles. The number of carbonyl (C=O) groups is 2. The molecule has 1 heterocycles. The summed E-state index contributed by atoms with van der Waals surface area (Å²) in [5.41, 5.74) is 2.86. The Balaban J connectivity index is 1.26. The molecule has 170 valence electrons. The molecule has 2 amide bonds. The highest BCUT2D eigenvalue weighted by Crippen LogP contribution is 2.29. The summed E-state index contributed by atoms with van der Waals surface area (Å²) in [4.78, 5) is 29.3. The van der Waals surface area contributed by atoms with Gasteiger partial charge in [0.15, 0.2) is 5.75 Å². The van der Waals surface area contributed by atoms with Crippen molar-refractivity contribution in [2.24, 2.45) is 0 Å². The summed E-state index contributed by atoms with van der Waals surface area (Å²) in [6, 6.07) is 25.0. The second-order valence-corrected chi connectivity index (χ2v) is 8.28. The molecule has 6 nitrogen and oxygen atoms in total. The van der Waals surface area contributed by atoms with Crippen LogP contribution >= 0.6 is 0 Å². The van der Waals surface area contributed by atoms with Crippen molar-refractivity contribution in [3.05, 3.63) is 90.0 Å². The van der Waals surface area contributed by atoms with Crippen LogP contribution in [0.25, 0.3) is 0 Å². The zero-order chi connectivity index (χ0) is 23.0. The Hall–Kier alpha value is -3.64. The molecule has 33 heavy (non-hydrogen) atoms. The fourth-order valence-electron chi connectivity index (χ4n) is 3.81. The van der Waals surface area contributed by atoms with Crippen LogP contribution in [0.3, 0.4) is 0 Å². The second kappa shape index (κ2) is 10.8. The van der Waals surface area contributed by atoms with Crippen molar-refractivity contribution >= 4 is 17.5 Å². The zero-order valence-electron chi connectivity index (χ0n) is 18.9. The maximum atomic E-state index is 12.7. The molecular weight excluding hydrogens is 414 g/mol. The van der Waals surface area contributed by atoms with E-state index in [0.29, 0.717) is 49.8 Å². The van der Waals surface area contributed by atoms with Crippen molar-refractivity contribution in [1.82, 2.24) is 9.80 Å². The minimum atomic E-state index is -0.0986. The molecule has 0 aromatic heterocycles. The van der Waals surface area contributed by atoms with E-state index in [-0.39, 0.29) is 18.4 Å². The highest BCUT2D eigenvalue weighted by atomic mass is 16.5. The lowest BCUT2D eigenvalue weighted by atomic mass is 10.1. The number of aryl methyl sites for hydroxylation is 1. The van der Waals surface area contributed by atoms with Crippen LogP contribution in [0.5, 0.6) is 11.5 Å². The fourth-order valence-corrected chi connectivity index (χ4v) is 3.81. The van der Waals surface area contributed by atoms with E-state index in [2.05, 4.69) is 10.2 Å². The van der Waals surface area contributed by atoms with Crippen LogP contribution in [-0.2, 0) is 16.0 Å². The van der Waals surface area contributed by atoms with Crippen molar-refractivity contribution in [2.45, 2.75) is 13.3 Å². The number of anilines is 1. The van der Waals surface area contributed by atoms with Gasteiger partial charge in [-0.25, -0.2) is 0 Å². The standard InChI is InChI=1S/C27H29N3O3/c1-21-11-13-22(14-12-21)19-27(32)30-17-15-29(16-18-30)20-26(31)28-24-9-5-6-10-25(24)33-23-7-3-2-4-8-23/h2-14H,15-20H2,1H3,(H,28,31). The molecule has 1 aliphatic heterocycles. The molecule has 0 unspecified atom stereocenters. The van der Waals surface area contributed by atoms with E-state index in [4.69, 9.17) is 4.74 Å². The highest BCUT2D eigenvalue weighted by molar-refractivity contribution is 5.93. The molecule has 0 atom stereocenters. The average molecular weight is 444 g/mol. The van der Waals surface area contributed by atoms with Gasteiger partial charge in [-0.05, 0) is 36.8 Å². The number of hydrogen-bond donors (Lipinski definition) is 1. The predicted molar refractivity (Wildman–Crippen MR) is 129 cm³/mol. The Bertz CT molecular complexity index is 1080. The second-order valence-electron chi connectivity index (χ2n) is 8.28. The van der Waals surface area contributed by atoms with Gasteiger partial charge >= 0.3 is 0 Å². The van der Waals surface area contributed by atoms with E-state index in [1.54, 1.807) is 0 Å². The number of para-hydroxylation sites is 3. The van der Waals surface area contributed by atoms with Gasteiger partial charge in [-0.1, -0.05) is 60.2 Å². The Labute approximate surface area is 194 Å². The van der Waals surface area contributed by atoms with Crippen molar-refractivity contribution in [3.8, 4) is 11.5 Å². The number of ether oxygens (including phenoxy) is 1. The Morgan fingerprint density at radius 3 is 2.24 bits per heavy atom. The summed E-state index contributed by atoms with van der Waals surface area (Å²) in [5, 5.41) is 2.96. The summed E-state index contributed by atoms with van der Waals surface area (Å²) < 4.78 is 5.92. The monoisotopic (exact) mass is 443 g/mol. The van der Waals surface area contributed by atoms with Gasteiger partial charge in [-0.2, -0.15) is 0 Å². The first-order valence-electron chi connectivity index (χ1n) is 11.2. The van der Waals surface area contributed by atoms with Crippen molar-refractivity contribution < 1.29 is 14.3 Å². The Morgan fingerprint density at radius 1 is 0.848 bits per heavy atom. The van der Waals surface area contributed by atoms with Gasteiger partial charge in [0.05, 0.1) is 18.7 Å². The molecule has 6 heteroatoms. The van der Waals surface area contributed by atoms with Gasteiger partial charge < -0.3 is 15.0 Å². The van der Waals surface area contributed by atoms with E-state index < -0.39 is 0 Å². The zero-order valence-corrected chi connectivity index (χ0v) is 18.9. The fraction of sp³-hybridized carbons (Fsp3) is 0.259. The average Bonchev–Trinajstić information content (AvgIpc) is 2.83. The summed E-state index contributed by atoms with van der Waals surface area (Å²) in [7, 11) is 0. The van der Waals surface area contributed by atoms with Gasteiger partial charge in [-0.15, -0.1) is 0 Å². The lowest BCUT2D eigenvalue weighted by Crippen LogP contribution is -2.50. The van der Waals surface area contributed by atoms with Gasteiger partial charge in [-0.3, -0.25) is 14.5 Å². The van der Waals surface area contributed by atoms with Crippen LogP contribution < -0.4 is 10.1 Å². The molecule has 0 spiro atoms. The number of benzene rings is 3. The quantitative estimate of drug-likeness (QED) is 0.597. The van der Waals surface area contributed by atoms with Gasteiger partial charge in [0.2, 0.25) is 11.8 Å². The lowest BCUT2D eigenvalue weighted by molar-refractivity contribution is -0.132. The van der Waals surface area contributed by atoms with E-state index in [0.717, 1.165) is 5.56 Å². The van der Waals surface area contributed by atoms with E-state index in [9.17, 15) is 9.59 Å². The topological polar surface area (TPSA) is 61.9 Å². The smallest absolute Gasteiger partial charge is 0.238 e. The number of amides is 2. The molecular formula is C27H29N3O3. The lowest BCUT2D eigenvalue weighted by Gasteiger charge is -2.34. The van der Waals surface area contributed by atoms with Gasteiger partial charge in [0.25, 0.3) is 0 Å². The van der Waals surface area contributed by atoms with Crippen molar-refractivity contribution in [1.29, 1.82) is 0 Å². The molecule has 1 aliphatic rings. The predicted octanol–water partition coefficient (Wildman–Crippen LogP) is 4.11. The molecule has 1 saturated heterocycles. The first-order chi connectivity index (χ1) is 16.1. The SMILES string of the molecule is Cc1ccc(CC(=O)N2CCN(CC(=O)Nc3ccccc3Oc3ccccc3)CC2)cc1. The van der Waals surface area contributed by atoms with E-state index in [1.807, 2.05) is 90.7 Å². The number of hydrogen-bond acceptors (Lipinski definition) is 4. The third-order valence-corrected chi connectivity index (χ3v) is 5.70. The summed E-state index contributed by atoms with van der Waals surface area (Å²) in [6.07, 6.45) is 0.416. The van der Waals surface area contributed by atoms with Crippen molar-refractivity contribution in [2.75, 3.05) is 38.0 Å². The molecule has 1 N–H and O–H groups in total. The largest absolute Gasteiger partial charge is 0.455 e. The molecule has 0 aliphatic carbocycles. The van der Waals surface area contributed by atoms with Crippen LogP contribution in [0.2, 0.25) is 0 Å². The van der Waals surface area contributed by atoms with E-state index in [1.165, 1.54) is 5.56 Å². The van der Waals surface area contributed by atoms with Crippen LogP contribution in [0.1, 0.15) is 11.1 Å². The number of piperazine rings is 1. The third kappa shape index (κ3) is 6.43. The highest BCUT2D eigenvalue weighted by Gasteiger charge is 2.22. The number of nitrogens with zero attached hydrogens (tertiary/aromatic N) is 2. The normalized spacial score (nSPS) is 14.0. The van der Waals surface area contributed by atoms with Crippen LogP contribution in [0.15, 0.2) is 78.9 Å². The van der Waals surface area contributed by atoms with Gasteiger partial charge in [0.1, 0.15) is 5.75 Å². The van der Waals surface area contributed by atoms with Crippen molar-refractivity contribution in [3.63, 3.8) is 0 Å². The van der Waals surface area contributed by atoms with E-state index >= 15 is 0 Å². The van der Waals surface area contributed by atoms with Crippen LogP contribution in [0.4, 0.5) is 5.69 Å². The molecule has 1 fully saturated rings. The number of carbonyl (C=O) groups excluding carboxylic acids is 2. The van der Waals surface area contributed by atoms with Gasteiger partial charge in [0, 0.05) is 26.2 Å². The minimum absolute atomic E-state index is 0.0986. The first-order valence-corrected chi connectivity index (χ1v) is 11.2. The van der Waals surface area contributed by atoms with Crippen LogP contribution in [-0.4, -0.2) is 54.3 Å². The summed E-state index contributed by atoms with van der Waals surface area (Å²) in [5.74, 6) is 1.35. The maximum Gasteiger partial charge on any atom is 0.238 e. The molecule has 0 bridgehead atoms. The summed E-state index contributed by atoms with van der Waals surface area (Å²) >= 11 is 0. The minimum Gasteiger partial charge on any atom is -0.455 e. The first kappa shape index (κ1) is 22.6. The molecule has 3 aromatic carbocycles. The molecule has 4 rings (SSSR count). The third-order valence-electron chi connectivity index (χ3n) is 5.70. The number of nitrogens with one attached hydrogen (secondary N) is 1. The maximum absolute atomic E-state index is 12.7. The number of rotatable bonds is 7.